The van der Waals surface area contributed by atoms with E-state index in [1.54, 1.807) is 13.8 Å². The van der Waals surface area contributed by atoms with Crippen molar-refractivity contribution in [2.75, 3.05) is 0 Å². The maximum Gasteiger partial charge on any atom is 0.130 e. The average Bonchev–Trinajstić information content (AvgIpc) is 2.36. The quantitative estimate of drug-likeness (QED) is 0.668. The number of carbonyl (C=O) groups is 2. The highest BCUT2D eigenvalue weighted by molar-refractivity contribution is 5.78. The van der Waals surface area contributed by atoms with Crippen LogP contribution in [0.5, 0.6) is 0 Å². The summed E-state index contributed by atoms with van der Waals surface area (Å²) < 4.78 is 0. The van der Waals surface area contributed by atoms with Crippen molar-refractivity contribution < 1.29 is 9.59 Å². The predicted octanol–water partition coefficient (Wildman–Crippen LogP) is 2.22. The first-order valence-corrected chi connectivity index (χ1v) is 4.84. The van der Waals surface area contributed by atoms with Crippen molar-refractivity contribution >= 4 is 11.6 Å². The molecule has 0 radical (unpaired) electrons. The normalized spacial score (nSPS) is 29.8. The molecule has 2 heteroatoms. The van der Waals surface area contributed by atoms with Crippen LogP contribution >= 0.6 is 0 Å². The van der Waals surface area contributed by atoms with Crippen LogP contribution in [0.25, 0.3) is 0 Å². The summed E-state index contributed by atoms with van der Waals surface area (Å²) in [6.07, 6.45) is 1.29. The molecule has 0 heterocycles. The van der Waals surface area contributed by atoms with Crippen LogP contribution in [0.2, 0.25) is 0 Å². The zero-order chi connectivity index (χ0) is 10.2. The minimum absolute atomic E-state index is 0.206. The first-order chi connectivity index (χ1) is 5.85. The zero-order valence-electron chi connectivity index (χ0n) is 8.89. The van der Waals surface area contributed by atoms with Gasteiger partial charge in [-0.1, -0.05) is 13.8 Å². The fourth-order valence-electron chi connectivity index (χ4n) is 2.29. The van der Waals surface area contributed by atoms with E-state index in [2.05, 4.69) is 13.8 Å². The number of rotatable bonds is 4. The molecule has 0 aromatic heterocycles. The molecule has 0 unspecified atom stereocenters. The van der Waals surface area contributed by atoms with E-state index in [1.807, 2.05) is 0 Å². The summed E-state index contributed by atoms with van der Waals surface area (Å²) in [5.74, 6) is 1.36. The smallest absolute Gasteiger partial charge is 0.130 e. The van der Waals surface area contributed by atoms with E-state index in [9.17, 15) is 9.59 Å². The zero-order valence-corrected chi connectivity index (χ0v) is 8.89. The summed E-state index contributed by atoms with van der Waals surface area (Å²) >= 11 is 0. The Hall–Kier alpha value is -0.660. The molecular formula is C11H18O2. The van der Waals surface area contributed by atoms with Crippen LogP contribution in [0, 0.1) is 17.3 Å². The van der Waals surface area contributed by atoms with E-state index < -0.39 is 0 Å². The highest BCUT2D eigenvalue weighted by Gasteiger charge is 2.57. The van der Waals surface area contributed by atoms with Crippen molar-refractivity contribution in [2.45, 2.75) is 40.5 Å². The topological polar surface area (TPSA) is 34.1 Å². The Morgan fingerprint density at radius 2 is 1.31 bits per heavy atom. The van der Waals surface area contributed by atoms with Gasteiger partial charge in [0.1, 0.15) is 11.6 Å². The lowest BCUT2D eigenvalue weighted by Gasteiger charge is -1.99. The summed E-state index contributed by atoms with van der Waals surface area (Å²) in [5, 5.41) is 0. The fourth-order valence-corrected chi connectivity index (χ4v) is 2.29. The van der Waals surface area contributed by atoms with Crippen LogP contribution in [-0.4, -0.2) is 11.6 Å². The lowest BCUT2D eigenvalue weighted by molar-refractivity contribution is -0.119. The molecule has 0 spiro atoms. The second kappa shape index (κ2) is 3.24. The Morgan fingerprint density at radius 3 is 1.54 bits per heavy atom. The lowest BCUT2D eigenvalue weighted by Crippen LogP contribution is -1.96. The van der Waals surface area contributed by atoms with Crippen LogP contribution < -0.4 is 0 Å². The molecule has 1 fully saturated rings. The molecule has 74 valence electrons. The highest BCUT2D eigenvalue weighted by atomic mass is 16.1. The van der Waals surface area contributed by atoms with Crippen molar-refractivity contribution in [3.8, 4) is 0 Å². The molecule has 1 aliphatic carbocycles. The van der Waals surface area contributed by atoms with Crippen molar-refractivity contribution in [3.05, 3.63) is 0 Å². The van der Waals surface area contributed by atoms with Gasteiger partial charge in [-0.05, 0) is 31.1 Å². The third kappa shape index (κ3) is 2.17. The summed E-state index contributed by atoms with van der Waals surface area (Å²) in [7, 11) is 0. The number of hydrogen-bond acceptors (Lipinski definition) is 2. The Kier molecular flexibility index (Phi) is 2.60. The van der Waals surface area contributed by atoms with Crippen LogP contribution in [0.15, 0.2) is 0 Å². The lowest BCUT2D eigenvalue weighted by atomic mass is 10.1. The third-order valence-corrected chi connectivity index (χ3v) is 3.30. The molecule has 0 saturated heterocycles. The molecule has 0 aliphatic heterocycles. The van der Waals surface area contributed by atoms with E-state index in [0.717, 1.165) is 0 Å². The van der Waals surface area contributed by atoms with Gasteiger partial charge < -0.3 is 9.59 Å². The van der Waals surface area contributed by atoms with Gasteiger partial charge in [-0.3, -0.25) is 0 Å². The summed E-state index contributed by atoms with van der Waals surface area (Å²) in [6, 6.07) is 0. The molecule has 13 heavy (non-hydrogen) atoms. The Balaban J connectivity index is 2.50. The number of Topliss-reactive ketones (excluding diaryl/α,β-unsaturated/α-hetero) is 2. The predicted molar refractivity (Wildman–Crippen MR) is 51.4 cm³/mol. The average molecular weight is 182 g/mol. The molecule has 0 bridgehead atoms. The van der Waals surface area contributed by atoms with Crippen molar-refractivity contribution in [2.24, 2.45) is 17.3 Å². The van der Waals surface area contributed by atoms with Gasteiger partial charge in [0.05, 0.1) is 0 Å². The van der Waals surface area contributed by atoms with Crippen LogP contribution in [0.4, 0.5) is 0 Å². The molecule has 0 amide bonds. The molecule has 1 rings (SSSR count). The van der Waals surface area contributed by atoms with Crippen molar-refractivity contribution in [1.29, 1.82) is 0 Å². The van der Waals surface area contributed by atoms with Crippen molar-refractivity contribution in [3.63, 3.8) is 0 Å². The molecule has 2 nitrogen and oxygen atoms in total. The van der Waals surface area contributed by atoms with Gasteiger partial charge in [0.25, 0.3) is 0 Å². The maximum atomic E-state index is 10.9. The monoisotopic (exact) mass is 182 g/mol. The first-order valence-electron chi connectivity index (χ1n) is 4.84. The highest BCUT2D eigenvalue weighted by Crippen LogP contribution is 2.61. The van der Waals surface area contributed by atoms with Gasteiger partial charge in [-0.25, -0.2) is 0 Å². The van der Waals surface area contributed by atoms with Gasteiger partial charge >= 0.3 is 0 Å². The summed E-state index contributed by atoms with van der Waals surface area (Å²) in [5.41, 5.74) is 0.206. The minimum Gasteiger partial charge on any atom is -0.300 e. The summed E-state index contributed by atoms with van der Waals surface area (Å²) in [4.78, 5) is 21.9. The van der Waals surface area contributed by atoms with Gasteiger partial charge in [0, 0.05) is 12.8 Å². The minimum atomic E-state index is 0.206. The fraction of sp³-hybridized carbons (Fsp3) is 0.818. The first kappa shape index (κ1) is 10.4. The molecule has 0 aromatic carbocycles. The number of ketones is 2. The molecule has 1 aliphatic rings. The van der Waals surface area contributed by atoms with E-state index in [0.29, 0.717) is 24.7 Å². The van der Waals surface area contributed by atoms with Crippen molar-refractivity contribution in [1.82, 2.24) is 0 Å². The van der Waals surface area contributed by atoms with E-state index in [1.165, 1.54) is 0 Å². The Bertz CT molecular complexity index is 216. The van der Waals surface area contributed by atoms with Crippen LogP contribution in [0.3, 0.4) is 0 Å². The van der Waals surface area contributed by atoms with Gasteiger partial charge in [0.15, 0.2) is 0 Å². The maximum absolute atomic E-state index is 10.9. The second-order valence-corrected chi connectivity index (χ2v) is 4.85. The molecular weight excluding hydrogens is 164 g/mol. The van der Waals surface area contributed by atoms with Crippen LogP contribution in [-0.2, 0) is 9.59 Å². The Labute approximate surface area is 79.7 Å². The molecule has 0 aromatic rings. The van der Waals surface area contributed by atoms with Gasteiger partial charge in [0.2, 0.25) is 0 Å². The number of carbonyl (C=O) groups excluding carboxylic acids is 2. The van der Waals surface area contributed by atoms with E-state index in [4.69, 9.17) is 0 Å². The van der Waals surface area contributed by atoms with Gasteiger partial charge in [-0.2, -0.15) is 0 Å². The molecule has 1 saturated carbocycles. The van der Waals surface area contributed by atoms with E-state index in [-0.39, 0.29) is 17.0 Å². The largest absolute Gasteiger partial charge is 0.300 e. The van der Waals surface area contributed by atoms with Crippen LogP contribution in [0.1, 0.15) is 40.5 Å². The summed E-state index contributed by atoms with van der Waals surface area (Å²) in [6.45, 7) is 7.54. The van der Waals surface area contributed by atoms with E-state index >= 15 is 0 Å². The van der Waals surface area contributed by atoms with Gasteiger partial charge in [-0.15, -0.1) is 0 Å². The molecule has 2 atom stereocenters. The Morgan fingerprint density at radius 1 is 1.00 bits per heavy atom. The SMILES string of the molecule is CC(=O)C[C@@H]1[C@H](CC(C)=O)C1(C)C. The number of hydrogen-bond donors (Lipinski definition) is 0. The second-order valence-electron chi connectivity index (χ2n) is 4.85. The standard InChI is InChI=1S/C11H18O2/c1-7(12)5-9-10(6-8(2)13)11(9,3)4/h9-10H,5-6H2,1-4H3/t9-,10+. The third-order valence-electron chi connectivity index (χ3n) is 3.30. The molecule has 0 N–H and O–H groups in total.